The number of ether oxygens (including phenoxy) is 1. The summed E-state index contributed by atoms with van der Waals surface area (Å²) in [5.41, 5.74) is 0.203. The molecule has 2 heterocycles. The lowest BCUT2D eigenvalue weighted by molar-refractivity contribution is 0.00578. The van der Waals surface area contributed by atoms with Crippen LogP contribution in [0.5, 0.6) is 0 Å². The molecular formula is C18H32BNO4. The Morgan fingerprint density at radius 1 is 1.12 bits per heavy atom. The third-order valence-electron chi connectivity index (χ3n) is 4.92. The molecule has 0 radical (unpaired) electrons. The van der Waals surface area contributed by atoms with Crippen molar-refractivity contribution in [3.63, 3.8) is 0 Å². The lowest BCUT2D eigenvalue weighted by Crippen LogP contribution is -2.41. The van der Waals surface area contributed by atoms with Crippen molar-refractivity contribution in [2.24, 2.45) is 0 Å². The maximum absolute atomic E-state index is 12.2. The minimum atomic E-state index is -0.454. The van der Waals surface area contributed by atoms with Gasteiger partial charge in [-0.2, -0.15) is 0 Å². The van der Waals surface area contributed by atoms with Crippen molar-refractivity contribution in [1.82, 2.24) is 4.90 Å². The summed E-state index contributed by atoms with van der Waals surface area (Å²) in [6.45, 7) is 15.3. The summed E-state index contributed by atoms with van der Waals surface area (Å²) in [7, 11) is -0.307. The molecule has 2 saturated heterocycles. The van der Waals surface area contributed by atoms with Crippen LogP contribution in [0.4, 0.5) is 4.79 Å². The number of hydrogen-bond donors (Lipinski definition) is 0. The standard InChI is InChI=1S/C18H32BNO4/c1-16(2,3)22-15(21)20-11-8-9-14(10-12-20)13-19-23-17(4,5)18(6,7)24-19/h13H,8-12H2,1-7H3/b14-13-. The maximum atomic E-state index is 12.2. The molecule has 2 aliphatic rings. The van der Waals surface area contributed by atoms with Gasteiger partial charge in [0.1, 0.15) is 5.60 Å². The first-order valence-corrected chi connectivity index (χ1v) is 8.93. The van der Waals surface area contributed by atoms with Crippen molar-refractivity contribution in [3.8, 4) is 0 Å². The summed E-state index contributed by atoms with van der Waals surface area (Å²) in [5.74, 6) is 2.09. The van der Waals surface area contributed by atoms with Gasteiger partial charge < -0.3 is 18.9 Å². The van der Waals surface area contributed by atoms with E-state index in [9.17, 15) is 4.79 Å². The molecule has 2 aliphatic heterocycles. The van der Waals surface area contributed by atoms with E-state index in [2.05, 4.69) is 33.7 Å². The van der Waals surface area contributed by atoms with E-state index in [1.54, 1.807) is 4.90 Å². The Hall–Kier alpha value is -1.01. The van der Waals surface area contributed by atoms with Gasteiger partial charge in [-0.05, 0) is 67.7 Å². The molecule has 0 atom stereocenters. The molecule has 0 spiro atoms. The van der Waals surface area contributed by atoms with E-state index in [0.717, 1.165) is 25.8 Å². The van der Waals surface area contributed by atoms with Gasteiger partial charge in [-0.1, -0.05) is 11.5 Å². The first-order chi connectivity index (χ1) is 10.9. The van der Waals surface area contributed by atoms with Crippen molar-refractivity contribution in [1.29, 1.82) is 0 Å². The van der Waals surface area contributed by atoms with E-state index in [0.29, 0.717) is 6.54 Å². The Bertz CT molecular complexity index is 492. The van der Waals surface area contributed by atoms with Crippen molar-refractivity contribution in [2.75, 3.05) is 13.1 Å². The summed E-state index contributed by atoms with van der Waals surface area (Å²) in [6, 6.07) is 0. The molecule has 0 aliphatic carbocycles. The van der Waals surface area contributed by atoms with Crippen molar-refractivity contribution < 1.29 is 18.8 Å². The largest absolute Gasteiger partial charge is 0.487 e. The van der Waals surface area contributed by atoms with Gasteiger partial charge in [-0.15, -0.1) is 0 Å². The number of carbonyl (C=O) groups excluding carboxylic acids is 1. The van der Waals surface area contributed by atoms with Gasteiger partial charge in [0.25, 0.3) is 0 Å². The smallest absolute Gasteiger partial charge is 0.444 e. The Balaban J connectivity index is 1.95. The zero-order valence-electron chi connectivity index (χ0n) is 16.3. The van der Waals surface area contributed by atoms with E-state index < -0.39 is 5.60 Å². The number of hydrogen-bond acceptors (Lipinski definition) is 4. The van der Waals surface area contributed by atoms with Gasteiger partial charge in [-0.3, -0.25) is 0 Å². The molecule has 2 rings (SSSR count). The van der Waals surface area contributed by atoms with Crippen LogP contribution in [0, 0.1) is 0 Å². The topological polar surface area (TPSA) is 48.0 Å². The Morgan fingerprint density at radius 2 is 1.71 bits per heavy atom. The number of amides is 1. The van der Waals surface area contributed by atoms with Gasteiger partial charge in [0.05, 0.1) is 11.2 Å². The normalized spacial score (nSPS) is 25.7. The summed E-state index contributed by atoms with van der Waals surface area (Å²) in [6.07, 6.45) is 2.51. The number of nitrogens with zero attached hydrogens (tertiary/aromatic N) is 1. The van der Waals surface area contributed by atoms with E-state index in [-0.39, 0.29) is 24.4 Å². The Labute approximate surface area is 146 Å². The average Bonchev–Trinajstić information content (AvgIpc) is 2.54. The van der Waals surface area contributed by atoms with Crippen molar-refractivity contribution in [2.45, 2.75) is 84.5 Å². The molecular weight excluding hydrogens is 305 g/mol. The zero-order valence-corrected chi connectivity index (χ0v) is 16.3. The fraction of sp³-hybridized carbons (Fsp3) is 0.833. The lowest BCUT2D eigenvalue weighted by Gasteiger charge is -2.32. The molecule has 136 valence electrons. The number of rotatable bonds is 1. The van der Waals surface area contributed by atoms with Gasteiger partial charge in [-0.25, -0.2) is 4.79 Å². The zero-order chi connectivity index (χ0) is 18.2. The molecule has 0 unspecified atom stereocenters. The molecule has 6 heteroatoms. The second-order valence-electron chi connectivity index (χ2n) is 8.77. The maximum Gasteiger partial charge on any atom is 0.487 e. The quantitative estimate of drug-likeness (QED) is 0.680. The van der Waals surface area contributed by atoms with Crippen LogP contribution < -0.4 is 0 Å². The molecule has 24 heavy (non-hydrogen) atoms. The molecule has 0 bridgehead atoms. The molecule has 1 amide bonds. The van der Waals surface area contributed by atoms with Crippen LogP contribution >= 0.6 is 0 Å². The lowest BCUT2D eigenvalue weighted by atomic mass is 9.85. The van der Waals surface area contributed by atoms with Crippen molar-refractivity contribution >= 4 is 13.2 Å². The summed E-state index contributed by atoms with van der Waals surface area (Å²) in [4.78, 5) is 14.0. The van der Waals surface area contributed by atoms with Crippen LogP contribution in [0.1, 0.15) is 67.7 Å². The SMILES string of the molecule is CC(C)(C)OC(=O)N1CCC/C(=C/B2OC(C)(C)C(C)(C)O2)CC1. The second kappa shape index (κ2) is 6.72. The summed E-state index contributed by atoms with van der Waals surface area (Å²) in [5, 5.41) is 0. The highest BCUT2D eigenvalue weighted by Gasteiger charge is 2.50. The number of carbonyl (C=O) groups is 1. The van der Waals surface area contributed by atoms with E-state index >= 15 is 0 Å². The first kappa shape index (κ1) is 19.3. The second-order valence-corrected chi connectivity index (χ2v) is 8.77. The predicted molar refractivity (Wildman–Crippen MR) is 95.8 cm³/mol. The van der Waals surface area contributed by atoms with Gasteiger partial charge in [0.15, 0.2) is 0 Å². The highest BCUT2D eigenvalue weighted by Crippen LogP contribution is 2.37. The van der Waals surface area contributed by atoms with Crippen LogP contribution in [-0.2, 0) is 14.0 Å². The summed E-state index contributed by atoms with van der Waals surface area (Å²) < 4.78 is 17.6. The first-order valence-electron chi connectivity index (χ1n) is 8.93. The van der Waals surface area contributed by atoms with Crippen LogP contribution in [0.2, 0.25) is 0 Å². The third-order valence-corrected chi connectivity index (χ3v) is 4.92. The van der Waals surface area contributed by atoms with Crippen LogP contribution in [0.15, 0.2) is 11.5 Å². The Kier molecular flexibility index (Phi) is 5.41. The molecule has 0 aromatic rings. The fourth-order valence-electron chi connectivity index (χ4n) is 2.84. The molecule has 0 aromatic carbocycles. The Morgan fingerprint density at radius 3 is 2.25 bits per heavy atom. The minimum absolute atomic E-state index is 0.223. The van der Waals surface area contributed by atoms with Gasteiger partial charge in [0, 0.05) is 13.1 Å². The van der Waals surface area contributed by atoms with Crippen LogP contribution in [0.3, 0.4) is 0 Å². The van der Waals surface area contributed by atoms with Crippen LogP contribution in [-0.4, -0.2) is 48.0 Å². The number of likely N-dealkylation sites (tertiary alicyclic amines) is 1. The van der Waals surface area contributed by atoms with E-state index in [1.165, 1.54) is 5.57 Å². The van der Waals surface area contributed by atoms with Crippen LogP contribution in [0.25, 0.3) is 0 Å². The average molecular weight is 337 g/mol. The van der Waals surface area contributed by atoms with Crippen molar-refractivity contribution in [3.05, 3.63) is 11.5 Å². The molecule has 0 saturated carbocycles. The fourth-order valence-corrected chi connectivity index (χ4v) is 2.84. The van der Waals surface area contributed by atoms with Gasteiger partial charge >= 0.3 is 13.2 Å². The minimum Gasteiger partial charge on any atom is -0.444 e. The predicted octanol–water partition coefficient (Wildman–Crippen LogP) is 3.97. The molecule has 0 N–H and O–H groups in total. The highest BCUT2D eigenvalue weighted by molar-refractivity contribution is 6.51. The van der Waals surface area contributed by atoms with E-state index in [1.807, 2.05) is 20.8 Å². The molecule has 2 fully saturated rings. The van der Waals surface area contributed by atoms with E-state index in [4.69, 9.17) is 14.0 Å². The summed E-state index contributed by atoms with van der Waals surface area (Å²) >= 11 is 0. The molecule has 5 nitrogen and oxygen atoms in total. The third kappa shape index (κ3) is 4.76. The highest BCUT2D eigenvalue weighted by atomic mass is 16.7. The molecule has 0 aromatic heterocycles. The monoisotopic (exact) mass is 337 g/mol. The van der Waals surface area contributed by atoms with Gasteiger partial charge in [0.2, 0.25) is 0 Å².